The second-order valence-electron chi connectivity index (χ2n) is 7.96. The number of carbonyl (C=O) groups is 1. The molecule has 0 aliphatic carbocycles. The molecular formula is C21H24Cl2N6O. The Kier molecular flexibility index (Phi) is 5.61. The molecule has 4 rings (SSSR count). The van der Waals surface area contributed by atoms with Crippen molar-refractivity contribution in [3.05, 3.63) is 45.8 Å². The number of aromatic nitrogens is 3. The predicted octanol–water partition coefficient (Wildman–Crippen LogP) is 3.82. The average molecular weight is 447 g/mol. The van der Waals surface area contributed by atoms with Crippen LogP contribution in [0.1, 0.15) is 34.7 Å². The maximum atomic E-state index is 13.1. The van der Waals surface area contributed by atoms with Gasteiger partial charge in [0.25, 0.3) is 5.91 Å². The fourth-order valence-corrected chi connectivity index (χ4v) is 4.74. The summed E-state index contributed by atoms with van der Waals surface area (Å²) in [4.78, 5) is 25.2. The normalized spacial score (nSPS) is 17.4. The number of nitrogen functional groups attached to an aromatic ring is 1. The Morgan fingerprint density at radius 1 is 1.30 bits per heavy atom. The molecule has 3 aromatic rings. The van der Waals surface area contributed by atoms with Crippen molar-refractivity contribution in [3.63, 3.8) is 0 Å². The number of likely N-dealkylation sites (tertiary alicyclic amines) is 1. The summed E-state index contributed by atoms with van der Waals surface area (Å²) in [6.45, 7) is 1.92. The van der Waals surface area contributed by atoms with Gasteiger partial charge in [0.05, 0.1) is 16.1 Å². The number of halogens is 2. The highest BCUT2D eigenvalue weighted by Gasteiger charge is 2.29. The van der Waals surface area contributed by atoms with Gasteiger partial charge in [-0.15, -0.1) is 0 Å². The molecule has 2 N–H and O–H groups in total. The van der Waals surface area contributed by atoms with Gasteiger partial charge in [-0.2, -0.15) is 0 Å². The van der Waals surface area contributed by atoms with E-state index < -0.39 is 0 Å². The van der Waals surface area contributed by atoms with Crippen molar-refractivity contribution in [2.75, 3.05) is 40.0 Å². The first-order chi connectivity index (χ1) is 14.3. The molecule has 1 aromatic carbocycles. The fourth-order valence-electron chi connectivity index (χ4n) is 4.27. The molecule has 9 heteroatoms. The van der Waals surface area contributed by atoms with Gasteiger partial charge in [-0.05, 0) is 50.0 Å². The molecule has 1 unspecified atom stereocenters. The van der Waals surface area contributed by atoms with Gasteiger partial charge >= 0.3 is 0 Å². The minimum Gasteiger partial charge on any atom is -0.382 e. The average Bonchev–Trinajstić information content (AvgIpc) is 3.11. The lowest BCUT2D eigenvalue weighted by molar-refractivity contribution is 0.0825. The molecule has 2 aromatic heterocycles. The van der Waals surface area contributed by atoms with Gasteiger partial charge in [-0.1, -0.05) is 23.2 Å². The molecule has 0 bridgehead atoms. The van der Waals surface area contributed by atoms with Crippen LogP contribution in [0.15, 0.2) is 24.7 Å². The fraction of sp³-hybridized carbons (Fsp3) is 0.381. The molecule has 158 valence electrons. The SMILES string of the molecule is CN1CCCC(c2c(C(=O)N(C)C)c(Cl)cc3c2ccn3-c2ncnc(N)c2Cl)C1. The van der Waals surface area contributed by atoms with Crippen LogP contribution in [0.25, 0.3) is 16.7 Å². The number of anilines is 1. The van der Waals surface area contributed by atoms with E-state index >= 15 is 0 Å². The molecule has 3 heterocycles. The Balaban J connectivity index is 2.00. The number of fused-ring (bicyclic) bond motifs is 1. The summed E-state index contributed by atoms with van der Waals surface area (Å²) in [6, 6.07) is 3.80. The standard InChI is InChI=1S/C21H24Cl2N6O/c1-27(2)21(30)17-14(22)9-15-13(16(17)12-5-4-7-28(3)10-12)6-8-29(15)20-18(23)19(24)25-11-26-20/h6,8-9,11-12H,4-5,7,10H2,1-3H3,(H2,24,25,26). The highest BCUT2D eigenvalue weighted by molar-refractivity contribution is 6.35. The zero-order valence-electron chi connectivity index (χ0n) is 17.2. The van der Waals surface area contributed by atoms with Crippen LogP contribution in [-0.4, -0.2) is 64.5 Å². The van der Waals surface area contributed by atoms with Gasteiger partial charge in [0.1, 0.15) is 17.2 Å². The van der Waals surface area contributed by atoms with E-state index in [-0.39, 0.29) is 22.7 Å². The third-order valence-corrected chi connectivity index (χ3v) is 6.33. The summed E-state index contributed by atoms with van der Waals surface area (Å²) in [5.74, 6) is 0.796. The summed E-state index contributed by atoms with van der Waals surface area (Å²) in [6.07, 6.45) is 5.33. The Bertz CT molecular complexity index is 1130. The van der Waals surface area contributed by atoms with Gasteiger partial charge in [0, 0.05) is 32.2 Å². The van der Waals surface area contributed by atoms with Crippen molar-refractivity contribution in [2.24, 2.45) is 0 Å². The molecule has 0 radical (unpaired) electrons. The van der Waals surface area contributed by atoms with Gasteiger partial charge in [-0.25, -0.2) is 9.97 Å². The molecule has 1 atom stereocenters. The van der Waals surface area contributed by atoms with E-state index in [9.17, 15) is 4.79 Å². The third-order valence-electron chi connectivity index (χ3n) is 5.67. The smallest absolute Gasteiger partial charge is 0.255 e. The zero-order chi connectivity index (χ0) is 21.6. The molecule has 1 aliphatic rings. The second-order valence-corrected chi connectivity index (χ2v) is 8.75. The first kappa shape index (κ1) is 20.9. The molecule has 0 spiro atoms. The maximum absolute atomic E-state index is 13.1. The van der Waals surface area contributed by atoms with Gasteiger partial charge in [0.15, 0.2) is 5.82 Å². The van der Waals surface area contributed by atoms with Gasteiger partial charge in [-0.3, -0.25) is 9.36 Å². The minimum atomic E-state index is -0.0952. The van der Waals surface area contributed by atoms with Crippen molar-refractivity contribution in [2.45, 2.75) is 18.8 Å². The summed E-state index contributed by atoms with van der Waals surface area (Å²) >= 11 is 13.1. The van der Waals surface area contributed by atoms with E-state index in [1.807, 2.05) is 16.8 Å². The summed E-state index contributed by atoms with van der Waals surface area (Å²) < 4.78 is 1.85. The van der Waals surface area contributed by atoms with Crippen LogP contribution >= 0.6 is 23.2 Å². The Labute approximate surface area is 185 Å². The molecule has 0 saturated carbocycles. The second kappa shape index (κ2) is 8.06. The van der Waals surface area contributed by atoms with Crippen LogP contribution in [0, 0.1) is 0 Å². The lowest BCUT2D eigenvalue weighted by atomic mass is 9.85. The monoisotopic (exact) mass is 446 g/mol. The summed E-state index contributed by atoms with van der Waals surface area (Å²) in [5.41, 5.74) is 8.27. The number of nitrogens with two attached hydrogens (primary N) is 1. The Morgan fingerprint density at radius 2 is 2.07 bits per heavy atom. The molecular weight excluding hydrogens is 423 g/mol. The number of hydrogen-bond acceptors (Lipinski definition) is 5. The Morgan fingerprint density at radius 3 is 2.77 bits per heavy atom. The first-order valence-corrected chi connectivity index (χ1v) is 10.5. The summed E-state index contributed by atoms with van der Waals surface area (Å²) in [5, 5.41) is 1.67. The van der Waals surface area contributed by atoms with Crippen LogP contribution < -0.4 is 5.73 Å². The quantitative estimate of drug-likeness (QED) is 0.661. The van der Waals surface area contributed by atoms with E-state index in [1.54, 1.807) is 25.1 Å². The number of rotatable bonds is 3. The lowest BCUT2D eigenvalue weighted by Crippen LogP contribution is -2.32. The van der Waals surface area contributed by atoms with Crippen molar-refractivity contribution in [1.82, 2.24) is 24.3 Å². The molecule has 7 nitrogen and oxygen atoms in total. The minimum absolute atomic E-state index is 0.0952. The highest BCUT2D eigenvalue weighted by atomic mass is 35.5. The number of likely N-dealkylation sites (N-methyl/N-ethyl adjacent to an activating group) is 1. The lowest BCUT2D eigenvalue weighted by Gasteiger charge is -2.32. The van der Waals surface area contributed by atoms with Crippen LogP contribution in [0.5, 0.6) is 0 Å². The van der Waals surface area contributed by atoms with E-state index in [0.717, 1.165) is 42.4 Å². The zero-order valence-corrected chi connectivity index (χ0v) is 18.7. The number of piperidine rings is 1. The van der Waals surface area contributed by atoms with E-state index in [2.05, 4.69) is 21.9 Å². The third kappa shape index (κ3) is 3.51. The van der Waals surface area contributed by atoms with E-state index in [4.69, 9.17) is 28.9 Å². The number of carbonyl (C=O) groups excluding carboxylic acids is 1. The van der Waals surface area contributed by atoms with Crippen molar-refractivity contribution < 1.29 is 4.79 Å². The molecule has 1 amide bonds. The molecule has 1 saturated heterocycles. The number of hydrogen-bond donors (Lipinski definition) is 1. The largest absolute Gasteiger partial charge is 0.382 e. The van der Waals surface area contributed by atoms with Crippen LogP contribution in [0.3, 0.4) is 0 Å². The number of benzene rings is 1. The maximum Gasteiger partial charge on any atom is 0.255 e. The molecule has 1 aliphatic heterocycles. The van der Waals surface area contributed by atoms with Crippen molar-refractivity contribution in [3.8, 4) is 5.82 Å². The topological polar surface area (TPSA) is 80.3 Å². The van der Waals surface area contributed by atoms with Gasteiger partial charge < -0.3 is 15.5 Å². The van der Waals surface area contributed by atoms with Crippen molar-refractivity contribution >= 4 is 45.8 Å². The van der Waals surface area contributed by atoms with Crippen molar-refractivity contribution in [1.29, 1.82) is 0 Å². The predicted molar refractivity (Wildman–Crippen MR) is 121 cm³/mol. The van der Waals surface area contributed by atoms with E-state index in [1.165, 1.54) is 6.33 Å². The number of amides is 1. The molecule has 30 heavy (non-hydrogen) atoms. The van der Waals surface area contributed by atoms with Crippen LogP contribution in [0.2, 0.25) is 10.0 Å². The first-order valence-electron chi connectivity index (χ1n) is 9.79. The molecule has 1 fully saturated rings. The van der Waals surface area contributed by atoms with Gasteiger partial charge in [0.2, 0.25) is 0 Å². The Hall–Kier alpha value is -2.35. The number of nitrogens with zero attached hydrogens (tertiary/aromatic N) is 5. The van der Waals surface area contributed by atoms with Crippen LogP contribution in [-0.2, 0) is 0 Å². The highest BCUT2D eigenvalue weighted by Crippen LogP contribution is 2.40. The van der Waals surface area contributed by atoms with E-state index in [0.29, 0.717) is 16.4 Å². The summed E-state index contributed by atoms with van der Waals surface area (Å²) in [7, 11) is 5.60. The van der Waals surface area contributed by atoms with Crippen LogP contribution in [0.4, 0.5) is 5.82 Å².